The van der Waals surface area contributed by atoms with Gasteiger partial charge in [-0.05, 0) is 50.5 Å². The van der Waals surface area contributed by atoms with Crippen molar-refractivity contribution in [2.75, 3.05) is 26.2 Å². The zero-order valence-corrected chi connectivity index (χ0v) is 11.6. The minimum atomic E-state index is -0.463. The molecule has 0 aromatic heterocycles. The van der Waals surface area contributed by atoms with Gasteiger partial charge in [-0.15, -0.1) is 0 Å². The molecule has 18 heavy (non-hydrogen) atoms. The Hall–Kier alpha value is -1.06. The van der Waals surface area contributed by atoms with Crippen molar-refractivity contribution in [3.05, 3.63) is 29.3 Å². The number of aliphatic hydroxyl groups is 1. The number of rotatable bonds is 5. The Morgan fingerprint density at radius 2 is 2.00 bits per heavy atom. The molecule has 1 fully saturated rings. The Morgan fingerprint density at radius 3 is 2.61 bits per heavy atom. The van der Waals surface area contributed by atoms with Gasteiger partial charge in [0, 0.05) is 19.6 Å². The van der Waals surface area contributed by atoms with Gasteiger partial charge >= 0.3 is 0 Å². The van der Waals surface area contributed by atoms with Crippen molar-refractivity contribution in [3.8, 4) is 5.75 Å². The molecular weight excluding hydrogens is 226 g/mol. The second-order valence-corrected chi connectivity index (χ2v) is 5.66. The highest BCUT2D eigenvalue weighted by Crippen LogP contribution is 2.20. The Morgan fingerprint density at radius 1 is 1.28 bits per heavy atom. The lowest BCUT2D eigenvalue weighted by Gasteiger charge is -2.44. The lowest BCUT2D eigenvalue weighted by Crippen LogP contribution is -2.59. The Bertz CT molecular complexity index is 407. The summed E-state index contributed by atoms with van der Waals surface area (Å²) in [6.45, 7) is 9.41. The number of nitrogens with zero attached hydrogens (tertiary/aromatic N) is 1. The van der Waals surface area contributed by atoms with E-state index >= 15 is 0 Å². The number of hydrogen-bond acceptors (Lipinski definition) is 3. The van der Waals surface area contributed by atoms with Crippen LogP contribution in [0, 0.1) is 13.8 Å². The van der Waals surface area contributed by atoms with E-state index in [1.807, 2.05) is 13.0 Å². The van der Waals surface area contributed by atoms with E-state index in [1.54, 1.807) is 0 Å². The summed E-state index contributed by atoms with van der Waals surface area (Å²) in [6, 6.07) is 6.21. The van der Waals surface area contributed by atoms with E-state index in [-0.39, 0.29) is 0 Å². The standard InChI is InChI=1S/C15H23NO2/c1-12-5-6-14(9-13(12)2)18-8-4-7-16-10-15(3,17)11-16/h5-6,9,17H,4,7-8,10-11H2,1-3H3. The molecule has 0 amide bonds. The molecule has 0 spiro atoms. The van der Waals surface area contributed by atoms with Gasteiger partial charge in [0.25, 0.3) is 0 Å². The summed E-state index contributed by atoms with van der Waals surface area (Å²) in [6.07, 6.45) is 1.00. The molecule has 0 saturated carbocycles. The van der Waals surface area contributed by atoms with Crippen molar-refractivity contribution in [3.63, 3.8) is 0 Å². The first kappa shape index (κ1) is 13.4. The van der Waals surface area contributed by atoms with E-state index in [4.69, 9.17) is 4.74 Å². The van der Waals surface area contributed by atoms with Crippen LogP contribution in [0.1, 0.15) is 24.5 Å². The fraction of sp³-hybridized carbons (Fsp3) is 0.600. The van der Waals surface area contributed by atoms with Gasteiger partial charge < -0.3 is 9.84 Å². The molecule has 100 valence electrons. The number of hydrogen-bond donors (Lipinski definition) is 1. The molecule has 0 bridgehead atoms. The van der Waals surface area contributed by atoms with Gasteiger partial charge in [0.2, 0.25) is 0 Å². The molecule has 1 N–H and O–H groups in total. The highest BCUT2D eigenvalue weighted by Gasteiger charge is 2.35. The summed E-state index contributed by atoms with van der Waals surface area (Å²) in [4.78, 5) is 2.25. The number of β-amino-alcohol motifs (C(OH)–C–C–N with tert-alkyl or cyclic N) is 1. The third-order valence-corrected chi connectivity index (χ3v) is 3.49. The first-order valence-electron chi connectivity index (χ1n) is 6.61. The highest BCUT2D eigenvalue weighted by atomic mass is 16.5. The Labute approximate surface area is 109 Å². The number of ether oxygens (including phenoxy) is 1. The van der Waals surface area contributed by atoms with Gasteiger partial charge in [-0.25, -0.2) is 0 Å². The quantitative estimate of drug-likeness (QED) is 0.812. The summed E-state index contributed by atoms with van der Waals surface area (Å²) in [5, 5.41) is 9.60. The summed E-state index contributed by atoms with van der Waals surface area (Å²) in [5.74, 6) is 0.953. The van der Waals surface area contributed by atoms with Crippen molar-refractivity contribution >= 4 is 0 Å². The largest absolute Gasteiger partial charge is 0.494 e. The van der Waals surface area contributed by atoms with Gasteiger partial charge in [-0.3, -0.25) is 4.90 Å². The van der Waals surface area contributed by atoms with Crippen LogP contribution in [-0.2, 0) is 0 Å². The molecule has 3 nitrogen and oxygen atoms in total. The average Bonchev–Trinajstić information content (AvgIpc) is 2.26. The maximum Gasteiger partial charge on any atom is 0.119 e. The van der Waals surface area contributed by atoms with Gasteiger partial charge in [0.15, 0.2) is 0 Å². The van der Waals surface area contributed by atoms with Crippen molar-refractivity contribution in [2.24, 2.45) is 0 Å². The minimum Gasteiger partial charge on any atom is -0.494 e. The van der Waals surface area contributed by atoms with E-state index < -0.39 is 5.60 Å². The third kappa shape index (κ3) is 3.47. The van der Waals surface area contributed by atoms with E-state index in [9.17, 15) is 5.11 Å². The van der Waals surface area contributed by atoms with Crippen molar-refractivity contribution in [1.82, 2.24) is 4.90 Å². The topological polar surface area (TPSA) is 32.7 Å². The third-order valence-electron chi connectivity index (χ3n) is 3.49. The van der Waals surface area contributed by atoms with Gasteiger partial charge in [-0.2, -0.15) is 0 Å². The van der Waals surface area contributed by atoms with Crippen molar-refractivity contribution in [2.45, 2.75) is 32.8 Å². The zero-order chi connectivity index (χ0) is 13.2. The Kier molecular flexibility index (Phi) is 3.93. The second-order valence-electron chi connectivity index (χ2n) is 5.66. The van der Waals surface area contributed by atoms with Crippen LogP contribution in [-0.4, -0.2) is 41.8 Å². The van der Waals surface area contributed by atoms with Crippen LogP contribution >= 0.6 is 0 Å². The zero-order valence-electron chi connectivity index (χ0n) is 11.6. The fourth-order valence-electron chi connectivity index (χ4n) is 2.36. The van der Waals surface area contributed by atoms with Crippen LogP contribution in [0.25, 0.3) is 0 Å². The van der Waals surface area contributed by atoms with E-state index in [0.717, 1.165) is 38.4 Å². The fourth-order valence-corrected chi connectivity index (χ4v) is 2.36. The lowest BCUT2D eigenvalue weighted by atomic mass is 9.97. The van der Waals surface area contributed by atoms with Gasteiger partial charge in [0.05, 0.1) is 12.2 Å². The molecule has 2 rings (SSSR count). The molecular formula is C15H23NO2. The van der Waals surface area contributed by atoms with E-state index in [1.165, 1.54) is 11.1 Å². The normalized spacial score (nSPS) is 18.4. The highest BCUT2D eigenvalue weighted by molar-refractivity contribution is 5.33. The predicted molar refractivity (Wildman–Crippen MR) is 73.1 cm³/mol. The lowest BCUT2D eigenvalue weighted by molar-refractivity contribution is -0.0840. The monoisotopic (exact) mass is 249 g/mol. The summed E-state index contributed by atoms with van der Waals surface area (Å²) in [5.41, 5.74) is 2.10. The molecule has 1 saturated heterocycles. The molecule has 1 aromatic carbocycles. The summed E-state index contributed by atoms with van der Waals surface area (Å²) < 4.78 is 5.72. The number of benzene rings is 1. The van der Waals surface area contributed by atoms with Crippen molar-refractivity contribution < 1.29 is 9.84 Å². The molecule has 0 aliphatic carbocycles. The van der Waals surface area contributed by atoms with Crippen LogP contribution in [0.3, 0.4) is 0 Å². The molecule has 1 aromatic rings. The van der Waals surface area contributed by atoms with Crippen LogP contribution < -0.4 is 4.74 Å². The summed E-state index contributed by atoms with van der Waals surface area (Å²) >= 11 is 0. The first-order valence-corrected chi connectivity index (χ1v) is 6.61. The molecule has 0 unspecified atom stereocenters. The predicted octanol–water partition coefficient (Wildman–Crippen LogP) is 2.14. The SMILES string of the molecule is Cc1ccc(OCCCN2CC(C)(O)C2)cc1C. The molecule has 1 heterocycles. The first-order chi connectivity index (χ1) is 8.46. The molecule has 1 aliphatic heterocycles. The van der Waals surface area contributed by atoms with Crippen LogP contribution in [0.5, 0.6) is 5.75 Å². The van der Waals surface area contributed by atoms with Crippen molar-refractivity contribution in [1.29, 1.82) is 0 Å². The maximum absolute atomic E-state index is 9.60. The van der Waals surface area contributed by atoms with Crippen LogP contribution in [0.4, 0.5) is 0 Å². The summed E-state index contributed by atoms with van der Waals surface area (Å²) in [7, 11) is 0. The number of likely N-dealkylation sites (tertiary alicyclic amines) is 1. The molecule has 0 atom stereocenters. The minimum absolute atomic E-state index is 0.463. The van der Waals surface area contributed by atoms with Crippen LogP contribution in [0.2, 0.25) is 0 Å². The van der Waals surface area contributed by atoms with E-state index in [0.29, 0.717) is 0 Å². The van der Waals surface area contributed by atoms with E-state index in [2.05, 4.69) is 30.9 Å². The van der Waals surface area contributed by atoms with Crippen LogP contribution in [0.15, 0.2) is 18.2 Å². The Balaban J connectivity index is 1.65. The molecule has 1 aliphatic rings. The smallest absolute Gasteiger partial charge is 0.119 e. The van der Waals surface area contributed by atoms with Gasteiger partial charge in [-0.1, -0.05) is 6.07 Å². The molecule has 3 heteroatoms. The number of aryl methyl sites for hydroxylation is 2. The second kappa shape index (κ2) is 5.29. The van der Waals surface area contributed by atoms with Gasteiger partial charge in [0.1, 0.15) is 5.75 Å². The average molecular weight is 249 g/mol. The molecule has 0 radical (unpaired) electrons. The maximum atomic E-state index is 9.60.